The van der Waals surface area contributed by atoms with Gasteiger partial charge in [-0.2, -0.15) is 4.98 Å². The summed E-state index contributed by atoms with van der Waals surface area (Å²) in [4.78, 5) is 28.0. The van der Waals surface area contributed by atoms with Gasteiger partial charge < -0.3 is 0 Å². The third-order valence-electron chi connectivity index (χ3n) is 3.60. The van der Waals surface area contributed by atoms with Gasteiger partial charge in [0, 0.05) is 13.6 Å². The molecule has 0 saturated carbocycles. The Bertz CT molecular complexity index is 615. The van der Waals surface area contributed by atoms with Crippen molar-refractivity contribution in [2.75, 3.05) is 6.26 Å². The van der Waals surface area contributed by atoms with Crippen LogP contribution in [-0.4, -0.2) is 20.4 Å². The fourth-order valence-corrected chi connectivity index (χ4v) is 2.87. The third kappa shape index (κ3) is 3.00. The third-order valence-corrected chi connectivity index (χ3v) is 4.33. The first-order chi connectivity index (χ1) is 9.02. The van der Waals surface area contributed by atoms with Crippen LogP contribution in [0.5, 0.6) is 0 Å². The van der Waals surface area contributed by atoms with Gasteiger partial charge in [-0.25, -0.2) is 14.2 Å². The normalized spacial score (nSPS) is 19.3. The van der Waals surface area contributed by atoms with Gasteiger partial charge in [-0.1, -0.05) is 23.4 Å². The molecule has 1 aliphatic rings. The quantitative estimate of drug-likeness (QED) is 0.621. The minimum atomic E-state index is -0.432. The second-order valence-electron chi connectivity index (χ2n) is 5.02. The lowest BCUT2D eigenvalue weighted by Gasteiger charge is -2.21. The average Bonchev–Trinajstić information content (AvgIpc) is 2.41. The van der Waals surface area contributed by atoms with Crippen LogP contribution >= 0.6 is 11.8 Å². The molecule has 0 aliphatic heterocycles. The first-order valence-corrected chi connectivity index (χ1v) is 7.63. The molecule has 19 heavy (non-hydrogen) atoms. The van der Waals surface area contributed by atoms with Gasteiger partial charge >= 0.3 is 11.4 Å². The number of aromatic nitrogens is 3. The van der Waals surface area contributed by atoms with E-state index < -0.39 is 5.69 Å². The molecule has 1 aliphatic carbocycles. The number of hydrogen-bond donors (Lipinski definition) is 0. The van der Waals surface area contributed by atoms with Gasteiger partial charge in [-0.3, -0.25) is 4.57 Å². The van der Waals surface area contributed by atoms with Gasteiger partial charge in [0.15, 0.2) is 5.16 Å². The lowest BCUT2D eigenvalue weighted by atomic mass is 9.90. The van der Waals surface area contributed by atoms with E-state index in [0.717, 1.165) is 19.3 Å². The molecule has 1 aromatic rings. The maximum atomic E-state index is 12.2. The van der Waals surface area contributed by atoms with Crippen molar-refractivity contribution in [2.45, 2.75) is 37.9 Å². The molecule has 104 valence electrons. The number of rotatable bonds is 3. The fourth-order valence-electron chi connectivity index (χ4n) is 2.34. The topological polar surface area (TPSA) is 56.9 Å². The van der Waals surface area contributed by atoms with Crippen molar-refractivity contribution >= 4 is 11.8 Å². The van der Waals surface area contributed by atoms with Gasteiger partial charge in [-0.15, -0.1) is 0 Å². The molecule has 1 unspecified atom stereocenters. The first kappa shape index (κ1) is 14.1. The molecular formula is C13H19N3O2S. The molecule has 0 radical (unpaired) electrons. The molecular weight excluding hydrogens is 262 g/mol. The Kier molecular flexibility index (Phi) is 4.29. The first-order valence-electron chi connectivity index (χ1n) is 6.40. The number of hydrogen-bond acceptors (Lipinski definition) is 4. The van der Waals surface area contributed by atoms with Crippen molar-refractivity contribution in [3.63, 3.8) is 0 Å². The highest BCUT2D eigenvalue weighted by molar-refractivity contribution is 7.98. The van der Waals surface area contributed by atoms with E-state index in [9.17, 15) is 9.59 Å². The second kappa shape index (κ2) is 5.77. The molecule has 0 bridgehead atoms. The summed E-state index contributed by atoms with van der Waals surface area (Å²) in [7, 11) is 1.65. The zero-order chi connectivity index (χ0) is 14.0. The summed E-state index contributed by atoms with van der Waals surface area (Å²) >= 11 is 1.31. The van der Waals surface area contributed by atoms with Crippen LogP contribution in [0.15, 0.2) is 26.4 Å². The Balaban J connectivity index is 2.29. The van der Waals surface area contributed by atoms with E-state index in [0.29, 0.717) is 17.6 Å². The van der Waals surface area contributed by atoms with E-state index in [1.54, 1.807) is 13.3 Å². The smallest absolute Gasteiger partial charge is 0.275 e. The molecule has 5 nitrogen and oxygen atoms in total. The summed E-state index contributed by atoms with van der Waals surface area (Å²) < 4.78 is 2.70. The highest BCUT2D eigenvalue weighted by Crippen LogP contribution is 2.23. The molecule has 0 spiro atoms. The second-order valence-corrected chi connectivity index (χ2v) is 5.80. The van der Waals surface area contributed by atoms with E-state index >= 15 is 0 Å². The van der Waals surface area contributed by atoms with Crippen LogP contribution in [0.3, 0.4) is 0 Å². The van der Waals surface area contributed by atoms with E-state index in [2.05, 4.69) is 18.0 Å². The average molecular weight is 281 g/mol. The van der Waals surface area contributed by atoms with Crippen LogP contribution in [0.1, 0.15) is 26.2 Å². The van der Waals surface area contributed by atoms with Crippen molar-refractivity contribution in [3.8, 4) is 0 Å². The summed E-state index contributed by atoms with van der Waals surface area (Å²) in [6.45, 7) is 2.59. The molecule has 6 heteroatoms. The van der Waals surface area contributed by atoms with Crippen molar-refractivity contribution < 1.29 is 0 Å². The maximum absolute atomic E-state index is 12.2. The molecule has 1 heterocycles. The van der Waals surface area contributed by atoms with Crippen molar-refractivity contribution in [2.24, 2.45) is 13.0 Å². The van der Waals surface area contributed by atoms with Crippen molar-refractivity contribution in [1.82, 2.24) is 14.1 Å². The predicted octanol–water partition coefficient (Wildman–Crippen LogP) is 1.41. The molecule has 0 N–H and O–H groups in total. The molecule has 0 fully saturated rings. The Morgan fingerprint density at radius 1 is 1.47 bits per heavy atom. The lowest BCUT2D eigenvalue weighted by Crippen LogP contribution is -2.43. The van der Waals surface area contributed by atoms with Crippen molar-refractivity contribution in [3.05, 3.63) is 32.6 Å². The fraction of sp³-hybridized carbons (Fsp3) is 0.615. The van der Waals surface area contributed by atoms with Gasteiger partial charge in [0.1, 0.15) is 0 Å². The number of nitrogens with zero attached hydrogens (tertiary/aromatic N) is 3. The number of thioether (sulfide) groups is 1. The van der Waals surface area contributed by atoms with E-state index in [4.69, 9.17) is 0 Å². The minimum absolute atomic E-state index is 0.268. The Morgan fingerprint density at radius 2 is 2.21 bits per heavy atom. The lowest BCUT2D eigenvalue weighted by molar-refractivity contribution is 0.373. The minimum Gasteiger partial charge on any atom is -0.275 e. The van der Waals surface area contributed by atoms with Gasteiger partial charge in [-0.05, 0) is 38.4 Å². The summed E-state index contributed by atoms with van der Waals surface area (Å²) in [6.07, 6.45) is 7.03. The van der Waals surface area contributed by atoms with Gasteiger partial charge in [0.25, 0.3) is 0 Å². The predicted molar refractivity (Wildman–Crippen MR) is 76.6 cm³/mol. The molecule has 1 atom stereocenters. The zero-order valence-electron chi connectivity index (χ0n) is 11.5. The highest BCUT2D eigenvalue weighted by Gasteiger charge is 2.17. The summed E-state index contributed by atoms with van der Waals surface area (Å²) in [5, 5.41) is 0.464. The standard InChI is InChI=1S/C13H19N3O2S/c1-9-4-6-10(7-5-9)8-16-11(17)14-12(19-3)15(2)13(16)18/h4,10H,5-8H2,1-3H3. The Morgan fingerprint density at radius 3 is 2.79 bits per heavy atom. The van der Waals surface area contributed by atoms with Crippen LogP contribution in [0.25, 0.3) is 0 Å². The van der Waals surface area contributed by atoms with Crippen molar-refractivity contribution in [1.29, 1.82) is 0 Å². The van der Waals surface area contributed by atoms with Gasteiger partial charge in [0.2, 0.25) is 0 Å². The van der Waals surface area contributed by atoms with E-state index in [1.807, 2.05) is 0 Å². The molecule has 0 amide bonds. The maximum Gasteiger partial charge on any atom is 0.354 e. The highest BCUT2D eigenvalue weighted by atomic mass is 32.2. The Labute approximate surface area is 116 Å². The Hall–Kier alpha value is -1.30. The summed E-state index contributed by atoms with van der Waals surface area (Å²) in [5.74, 6) is 0.357. The summed E-state index contributed by atoms with van der Waals surface area (Å²) in [5.41, 5.74) is 0.696. The molecule has 1 aromatic heterocycles. The zero-order valence-corrected chi connectivity index (χ0v) is 12.4. The molecule has 0 aromatic carbocycles. The van der Waals surface area contributed by atoms with E-state index in [-0.39, 0.29) is 5.69 Å². The SMILES string of the molecule is CSc1nc(=O)n(CC2CC=C(C)CC2)c(=O)n1C. The van der Waals surface area contributed by atoms with Gasteiger partial charge in [0.05, 0.1) is 0 Å². The van der Waals surface area contributed by atoms with Crippen LogP contribution < -0.4 is 11.4 Å². The van der Waals surface area contributed by atoms with Crippen LogP contribution in [0.4, 0.5) is 0 Å². The van der Waals surface area contributed by atoms with Crippen LogP contribution in [0, 0.1) is 5.92 Å². The monoisotopic (exact) mass is 281 g/mol. The largest absolute Gasteiger partial charge is 0.354 e. The number of allylic oxidation sites excluding steroid dienone is 2. The van der Waals surface area contributed by atoms with Crippen LogP contribution in [0.2, 0.25) is 0 Å². The molecule has 2 rings (SSSR count). The summed E-state index contributed by atoms with van der Waals surface area (Å²) in [6, 6.07) is 0. The van der Waals surface area contributed by atoms with E-state index in [1.165, 1.54) is 26.5 Å². The van der Waals surface area contributed by atoms with Crippen LogP contribution in [-0.2, 0) is 13.6 Å². The molecule has 0 saturated heterocycles.